The zero-order valence-electron chi connectivity index (χ0n) is 24.6. The second kappa shape index (κ2) is 13.8. The summed E-state index contributed by atoms with van der Waals surface area (Å²) in [5.74, 6) is 1.18. The SMILES string of the molecule is CCN(CC)c1ccc(C(c2ccc(SCc3ccccc3)cc2)c2ccc(N(CC)CC)cc2C)c(C)c1. The number of thioether (sulfide) groups is 1. The Morgan fingerprint density at radius 2 is 1.08 bits per heavy atom. The molecule has 0 radical (unpaired) electrons. The van der Waals surface area contributed by atoms with E-state index in [1.807, 2.05) is 11.8 Å². The van der Waals surface area contributed by atoms with Gasteiger partial charge in [-0.2, -0.15) is 0 Å². The molecule has 0 atom stereocenters. The molecule has 39 heavy (non-hydrogen) atoms. The molecule has 0 aromatic heterocycles. The van der Waals surface area contributed by atoms with Gasteiger partial charge in [-0.05, 0) is 111 Å². The minimum atomic E-state index is 0.190. The standard InChI is InChI=1S/C36H44N2S/c1-7-37(8-2)31-18-22-34(27(5)24-31)36(35-23-19-32(25-28(35)6)38(9-3)10-4)30-16-20-33(21-17-30)39-26-29-14-12-11-13-15-29/h11-25,36H,7-10,26H2,1-6H3. The minimum Gasteiger partial charge on any atom is -0.372 e. The highest BCUT2D eigenvalue weighted by Gasteiger charge is 2.22. The van der Waals surface area contributed by atoms with Crippen molar-refractivity contribution in [2.45, 2.75) is 58.1 Å². The molecular weight excluding hydrogens is 492 g/mol. The van der Waals surface area contributed by atoms with Crippen LogP contribution in [0, 0.1) is 13.8 Å². The molecule has 0 bridgehead atoms. The van der Waals surface area contributed by atoms with E-state index in [-0.39, 0.29) is 5.92 Å². The lowest BCUT2D eigenvalue weighted by Gasteiger charge is -2.27. The average Bonchev–Trinajstić information content (AvgIpc) is 2.96. The molecule has 204 valence electrons. The molecule has 0 unspecified atom stereocenters. The van der Waals surface area contributed by atoms with Gasteiger partial charge in [0.05, 0.1) is 0 Å². The predicted octanol–water partition coefficient (Wildman–Crippen LogP) is 9.47. The number of hydrogen-bond acceptors (Lipinski definition) is 3. The van der Waals surface area contributed by atoms with Gasteiger partial charge in [0.2, 0.25) is 0 Å². The van der Waals surface area contributed by atoms with Crippen LogP contribution in [-0.4, -0.2) is 26.2 Å². The Morgan fingerprint density at radius 3 is 1.51 bits per heavy atom. The van der Waals surface area contributed by atoms with Crippen molar-refractivity contribution in [2.75, 3.05) is 36.0 Å². The Bertz CT molecular complexity index is 1260. The average molecular weight is 537 g/mol. The van der Waals surface area contributed by atoms with E-state index in [0.717, 1.165) is 31.9 Å². The lowest BCUT2D eigenvalue weighted by molar-refractivity contribution is 0.859. The van der Waals surface area contributed by atoms with E-state index in [4.69, 9.17) is 0 Å². The number of nitrogens with zero attached hydrogens (tertiary/aromatic N) is 2. The van der Waals surface area contributed by atoms with E-state index in [1.54, 1.807) is 0 Å². The van der Waals surface area contributed by atoms with Crippen LogP contribution in [0.15, 0.2) is 95.9 Å². The zero-order valence-corrected chi connectivity index (χ0v) is 25.4. The van der Waals surface area contributed by atoms with E-state index in [9.17, 15) is 0 Å². The van der Waals surface area contributed by atoms with E-state index < -0.39 is 0 Å². The number of benzene rings is 4. The molecule has 0 aliphatic heterocycles. The Morgan fingerprint density at radius 1 is 0.590 bits per heavy atom. The first-order chi connectivity index (χ1) is 19.0. The van der Waals surface area contributed by atoms with E-state index in [2.05, 4.69) is 142 Å². The summed E-state index contributed by atoms with van der Waals surface area (Å²) >= 11 is 1.90. The van der Waals surface area contributed by atoms with Crippen molar-refractivity contribution in [1.82, 2.24) is 0 Å². The van der Waals surface area contributed by atoms with Gasteiger partial charge in [0.15, 0.2) is 0 Å². The molecule has 0 saturated heterocycles. The Balaban J connectivity index is 1.72. The summed E-state index contributed by atoms with van der Waals surface area (Å²) in [6.45, 7) is 17.6. The van der Waals surface area contributed by atoms with Gasteiger partial charge in [-0.25, -0.2) is 0 Å². The Hall–Kier alpha value is -3.17. The van der Waals surface area contributed by atoms with Crippen LogP contribution >= 0.6 is 11.8 Å². The molecule has 0 saturated carbocycles. The van der Waals surface area contributed by atoms with Gasteiger partial charge in [0, 0.05) is 54.1 Å². The van der Waals surface area contributed by atoms with E-state index in [1.165, 1.54) is 49.7 Å². The summed E-state index contributed by atoms with van der Waals surface area (Å²) in [6, 6.07) is 34.1. The smallest absolute Gasteiger partial charge is 0.0368 e. The zero-order chi connectivity index (χ0) is 27.8. The number of aryl methyl sites for hydroxylation is 2. The molecule has 0 spiro atoms. The number of hydrogen-bond donors (Lipinski definition) is 0. The van der Waals surface area contributed by atoms with E-state index in [0.29, 0.717) is 0 Å². The fourth-order valence-corrected chi connectivity index (χ4v) is 6.42. The van der Waals surface area contributed by atoms with Gasteiger partial charge in [-0.1, -0.05) is 54.6 Å². The molecule has 0 amide bonds. The molecule has 0 aliphatic rings. The maximum atomic E-state index is 2.43. The Labute approximate surface area is 241 Å². The van der Waals surface area contributed by atoms with Crippen LogP contribution in [0.4, 0.5) is 11.4 Å². The number of rotatable bonds is 12. The van der Waals surface area contributed by atoms with Gasteiger partial charge in [-0.15, -0.1) is 11.8 Å². The van der Waals surface area contributed by atoms with Crippen molar-refractivity contribution in [1.29, 1.82) is 0 Å². The predicted molar refractivity (Wildman–Crippen MR) is 173 cm³/mol. The monoisotopic (exact) mass is 536 g/mol. The number of anilines is 2. The third-order valence-corrected chi connectivity index (χ3v) is 8.93. The van der Waals surface area contributed by atoms with Crippen LogP contribution in [-0.2, 0) is 5.75 Å². The van der Waals surface area contributed by atoms with Crippen LogP contribution < -0.4 is 9.80 Å². The molecule has 3 heteroatoms. The van der Waals surface area contributed by atoms with E-state index >= 15 is 0 Å². The first-order valence-electron chi connectivity index (χ1n) is 14.5. The highest BCUT2D eigenvalue weighted by Crippen LogP contribution is 2.38. The molecule has 0 heterocycles. The molecule has 2 nitrogen and oxygen atoms in total. The topological polar surface area (TPSA) is 6.48 Å². The van der Waals surface area contributed by atoms with Gasteiger partial charge in [0.1, 0.15) is 0 Å². The fraction of sp³-hybridized carbons (Fsp3) is 0.333. The summed E-state index contributed by atoms with van der Waals surface area (Å²) in [5.41, 5.74) is 10.8. The molecule has 4 aromatic rings. The maximum absolute atomic E-state index is 2.43. The summed E-state index contributed by atoms with van der Waals surface area (Å²) in [4.78, 5) is 6.16. The summed E-state index contributed by atoms with van der Waals surface area (Å²) in [7, 11) is 0. The highest BCUT2D eigenvalue weighted by molar-refractivity contribution is 7.98. The molecule has 0 fully saturated rings. The molecule has 4 rings (SSSR count). The first kappa shape index (κ1) is 28.8. The molecular formula is C36H44N2S. The summed E-state index contributed by atoms with van der Waals surface area (Å²) in [6.07, 6.45) is 0. The van der Waals surface area contributed by atoms with Crippen LogP contribution in [0.25, 0.3) is 0 Å². The highest BCUT2D eigenvalue weighted by atomic mass is 32.2. The second-order valence-corrected chi connectivity index (χ2v) is 11.3. The van der Waals surface area contributed by atoms with Crippen molar-refractivity contribution in [2.24, 2.45) is 0 Å². The van der Waals surface area contributed by atoms with Gasteiger partial charge in [-0.3, -0.25) is 0 Å². The van der Waals surface area contributed by atoms with Crippen molar-refractivity contribution >= 4 is 23.1 Å². The van der Waals surface area contributed by atoms with Crippen LogP contribution in [0.2, 0.25) is 0 Å². The van der Waals surface area contributed by atoms with Gasteiger partial charge in [0.25, 0.3) is 0 Å². The third kappa shape index (κ3) is 6.89. The quantitative estimate of drug-likeness (QED) is 0.131. The summed E-state index contributed by atoms with van der Waals surface area (Å²) < 4.78 is 0. The minimum absolute atomic E-state index is 0.190. The second-order valence-electron chi connectivity index (χ2n) is 10.2. The van der Waals surface area contributed by atoms with Crippen molar-refractivity contribution in [3.63, 3.8) is 0 Å². The van der Waals surface area contributed by atoms with Crippen molar-refractivity contribution in [3.8, 4) is 0 Å². The largest absolute Gasteiger partial charge is 0.372 e. The van der Waals surface area contributed by atoms with Crippen LogP contribution in [0.3, 0.4) is 0 Å². The Kier molecular flexibility index (Phi) is 10.2. The van der Waals surface area contributed by atoms with Crippen LogP contribution in [0.5, 0.6) is 0 Å². The normalized spacial score (nSPS) is 11.2. The third-order valence-electron chi connectivity index (χ3n) is 7.85. The molecule has 0 N–H and O–H groups in total. The lowest BCUT2D eigenvalue weighted by atomic mass is 9.81. The van der Waals surface area contributed by atoms with Crippen LogP contribution in [0.1, 0.15) is 67.0 Å². The molecule has 0 aliphatic carbocycles. The lowest BCUT2D eigenvalue weighted by Crippen LogP contribution is -2.22. The summed E-state index contributed by atoms with van der Waals surface area (Å²) in [5, 5.41) is 0. The fourth-order valence-electron chi connectivity index (χ4n) is 5.56. The van der Waals surface area contributed by atoms with Gasteiger partial charge >= 0.3 is 0 Å². The van der Waals surface area contributed by atoms with Crippen molar-refractivity contribution < 1.29 is 0 Å². The van der Waals surface area contributed by atoms with Crippen molar-refractivity contribution in [3.05, 3.63) is 124 Å². The molecule has 4 aromatic carbocycles. The first-order valence-corrected chi connectivity index (χ1v) is 15.4. The maximum Gasteiger partial charge on any atom is 0.0368 e. The van der Waals surface area contributed by atoms with Gasteiger partial charge < -0.3 is 9.80 Å².